The van der Waals surface area contributed by atoms with E-state index in [0.717, 1.165) is 23.5 Å². The van der Waals surface area contributed by atoms with Crippen molar-refractivity contribution < 1.29 is 14.3 Å². The lowest BCUT2D eigenvalue weighted by atomic mass is 10.1. The Labute approximate surface area is 154 Å². The minimum Gasteiger partial charge on any atom is -0.490 e. The zero-order chi connectivity index (χ0) is 18.6. The van der Waals surface area contributed by atoms with Gasteiger partial charge in [0.05, 0.1) is 13.2 Å². The molecule has 0 bridgehead atoms. The van der Waals surface area contributed by atoms with E-state index in [1.165, 1.54) is 0 Å². The number of aromatic nitrogens is 2. The van der Waals surface area contributed by atoms with E-state index in [1.54, 1.807) is 18.5 Å². The molecule has 0 atom stereocenters. The van der Waals surface area contributed by atoms with Crippen LogP contribution in [-0.2, 0) is 11.2 Å². The predicted molar refractivity (Wildman–Crippen MR) is 101 cm³/mol. The summed E-state index contributed by atoms with van der Waals surface area (Å²) in [5.41, 5.74) is 1.09. The van der Waals surface area contributed by atoms with Crippen molar-refractivity contribution in [1.82, 2.24) is 15.3 Å². The van der Waals surface area contributed by atoms with Gasteiger partial charge in [-0.15, -0.1) is 0 Å². The molecule has 1 aromatic carbocycles. The van der Waals surface area contributed by atoms with Crippen LogP contribution in [0, 0.1) is 0 Å². The van der Waals surface area contributed by atoms with Crippen molar-refractivity contribution in [2.75, 3.05) is 31.6 Å². The van der Waals surface area contributed by atoms with E-state index in [0.29, 0.717) is 38.7 Å². The summed E-state index contributed by atoms with van der Waals surface area (Å²) in [7, 11) is 0. The normalized spacial score (nSPS) is 10.2. The van der Waals surface area contributed by atoms with Gasteiger partial charge in [-0.2, -0.15) is 0 Å². The quantitative estimate of drug-likeness (QED) is 0.642. The van der Waals surface area contributed by atoms with Gasteiger partial charge in [0.15, 0.2) is 11.5 Å². The molecule has 0 saturated heterocycles. The van der Waals surface area contributed by atoms with Gasteiger partial charge in [0.1, 0.15) is 0 Å². The molecule has 0 aliphatic carbocycles. The van der Waals surface area contributed by atoms with Crippen LogP contribution in [0.25, 0.3) is 0 Å². The zero-order valence-corrected chi connectivity index (χ0v) is 15.3. The largest absolute Gasteiger partial charge is 0.490 e. The van der Waals surface area contributed by atoms with Crippen molar-refractivity contribution in [2.45, 2.75) is 26.7 Å². The molecule has 0 unspecified atom stereocenters. The smallest absolute Gasteiger partial charge is 0.222 e. The molecule has 7 nitrogen and oxygen atoms in total. The standard InChI is InChI=1S/C19H26N4O3/c1-3-25-16-7-6-15(14-17(16)26-4-2)8-12-20-18(24)9-13-23-19-21-10-5-11-22-19/h5-7,10-11,14H,3-4,8-9,12-13H2,1-2H3,(H,20,24)(H,21,22,23). The first kappa shape index (κ1) is 19.5. The summed E-state index contributed by atoms with van der Waals surface area (Å²) in [6, 6.07) is 7.62. The first-order valence-electron chi connectivity index (χ1n) is 8.89. The number of carbonyl (C=O) groups is 1. The number of rotatable bonds is 11. The molecule has 0 aliphatic rings. The van der Waals surface area contributed by atoms with Gasteiger partial charge >= 0.3 is 0 Å². The summed E-state index contributed by atoms with van der Waals surface area (Å²) in [6.45, 7) is 6.12. The number of nitrogens with zero attached hydrogens (tertiary/aromatic N) is 2. The summed E-state index contributed by atoms with van der Waals surface area (Å²) in [5, 5.41) is 5.93. The Morgan fingerprint density at radius 3 is 2.50 bits per heavy atom. The fourth-order valence-electron chi connectivity index (χ4n) is 2.36. The van der Waals surface area contributed by atoms with Crippen LogP contribution in [0.15, 0.2) is 36.7 Å². The average Bonchev–Trinajstić information content (AvgIpc) is 2.65. The summed E-state index contributed by atoms with van der Waals surface area (Å²) in [4.78, 5) is 20.0. The van der Waals surface area contributed by atoms with E-state index in [4.69, 9.17) is 9.47 Å². The second kappa shape index (κ2) is 10.9. The molecule has 140 valence electrons. The Morgan fingerprint density at radius 2 is 1.77 bits per heavy atom. The molecule has 2 aromatic rings. The number of amides is 1. The molecule has 1 amide bonds. The molecule has 1 aromatic heterocycles. The van der Waals surface area contributed by atoms with Crippen LogP contribution in [-0.4, -0.2) is 42.2 Å². The lowest BCUT2D eigenvalue weighted by Crippen LogP contribution is -2.27. The number of ether oxygens (including phenoxy) is 2. The minimum absolute atomic E-state index is 0.00982. The monoisotopic (exact) mass is 358 g/mol. The van der Waals surface area contributed by atoms with E-state index in [-0.39, 0.29) is 5.91 Å². The molecule has 26 heavy (non-hydrogen) atoms. The van der Waals surface area contributed by atoms with Gasteiger partial charge in [-0.05, 0) is 44.0 Å². The molecule has 2 rings (SSSR count). The third kappa shape index (κ3) is 6.58. The fourth-order valence-corrected chi connectivity index (χ4v) is 2.36. The lowest BCUT2D eigenvalue weighted by molar-refractivity contribution is -0.120. The fraction of sp³-hybridized carbons (Fsp3) is 0.421. The molecule has 0 fully saturated rings. The van der Waals surface area contributed by atoms with Crippen LogP contribution < -0.4 is 20.1 Å². The molecule has 0 aliphatic heterocycles. The maximum Gasteiger partial charge on any atom is 0.222 e. The average molecular weight is 358 g/mol. The minimum atomic E-state index is -0.00982. The molecular weight excluding hydrogens is 332 g/mol. The Kier molecular flexibility index (Phi) is 8.18. The van der Waals surface area contributed by atoms with Crippen molar-refractivity contribution in [2.24, 2.45) is 0 Å². The highest BCUT2D eigenvalue weighted by molar-refractivity contribution is 5.76. The van der Waals surface area contributed by atoms with Crippen LogP contribution >= 0.6 is 0 Å². The molecule has 0 radical (unpaired) electrons. The summed E-state index contributed by atoms with van der Waals surface area (Å²) in [5.74, 6) is 2.00. The topological polar surface area (TPSA) is 85.4 Å². The van der Waals surface area contributed by atoms with Crippen molar-refractivity contribution in [1.29, 1.82) is 0 Å². The molecule has 2 N–H and O–H groups in total. The van der Waals surface area contributed by atoms with Gasteiger partial charge in [-0.1, -0.05) is 6.07 Å². The summed E-state index contributed by atoms with van der Waals surface area (Å²) in [6.07, 6.45) is 4.41. The Bertz CT molecular complexity index is 680. The van der Waals surface area contributed by atoms with Crippen LogP contribution in [0.4, 0.5) is 5.95 Å². The summed E-state index contributed by atoms with van der Waals surface area (Å²) >= 11 is 0. The molecular formula is C19H26N4O3. The second-order valence-electron chi connectivity index (χ2n) is 5.50. The number of anilines is 1. The zero-order valence-electron chi connectivity index (χ0n) is 15.3. The van der Waals surface area contributed by atoms with Crippen molar-refractivity contribution in [3.63, 3.8) is 0 Å². The van der Waals surface area contributed by atoms with E-state index >= 15 is 0 Å². The Balaban J connectivity index is 1.72. The number of hydrogen-bond acceptors (Lipinski definition) is 6. The van der Waals surface area contributed by atoms with E-state index in [1.807, 2.05) is 32.0 Å². The maximum absolute atomic E-state index is 11.9. The second-order valence-corrected chi connectivity index (χ2v) is 5.50. The predicted octanol–water partition coefficient (Wildman–Crippen LogP) is 2.43. The van der Waals surface area contributed by atoms with Crippen LogP contribution in [0.3, 0.4) is 0 Å². The Morgan fingerprint density at radius 1 is 1.04 bits per heavy atom. The van der Waals surface area contributed by atoms with Gasteiger partial charge in [-0.25, -0.2) is 9.97 Å². The molecule has 0 spiro atoms. The van der Waals surface area contributed by atoms with Crippen LogP contribution in [0.2, 0.25) is 0 Å². The number of hydrogen-bond donors (Lipinski definition) is 2. The third-order valence-electron chi connectivity index (χ3n) is 3.54. The maximum atomic E-state index is 11.9. The SMILES string of the molecule is CCOc1ccc(CCNC(=O)CCNc2ncccn2)cc1OCC. The number of carbonyl (C=O) groups excluding carboxylic acids is 1. The highest BCUT2D eigenvalue weighted by Crippen LogP contribution is 2.28. The molecule has 7 heteroatoms. The van der Waals surface area contributed by atoms with E-state index in [9.17, 15) is 4.79 Å². The van der Waals surface area contributed by atoms with Crippen molar-refractivity contribution in [3.05, 3.63) is 42.2 Å². The van der Waals surface area contributed by atoms with Crippen LogP contribution in [0.5, 0.6) is 11.5 Å². The molecule has 0 saturated carbocycles. The first-order chi connectivity index (χ1) is 12.7. The van der Waals surface area contributed by atoms with Gasteiger partial charge in [0, 0.05) is 31.9 Å². The van der Waals surface area contributed by atoms with E-state index < -0.39 is 0 Å². The number of benzene rings is 1. The van der Waals surface area contributed by atoms with Crippen molar-refractivity contribution >= 4 is 11.9 Å². The lowest BCUT2D eigenvalue weighted by Gasteiger charge is -2.12. The van der Waals surface area contributed by atoms with E-state index in [2.05, 4.69) is 20.6 Å². The van der Waals surface area contributed by atoms with Crippen LogP contribution in [0.1, 0.15) is 25.8 Å². The Hall–Kier alpha value is -2.83. The highest BCUT2D eigenvalue weighted by atomic mass is 16.5. The van der Waals surface area contributed by atoms with Gasteiger partial charge in [0.25, 0.3) is 0 Å². The first-order valence-corrected chi connectivity index (χ1v) is 8.89. The van der Waals surface area contributed by atoms with Gasteiger partial charge in [-0.3, -0.25) is 4.79 Å². The molecule has 1 heterocycles. The highest BCUT2D eigenvalue weighted by Gasteiger charge is 2.07. The number of nitrogens with one attached hydrogen (secondary N) is 2. The summed E-state index contributed by atoms with van der Waals surface area (Å²) < 4.78 is 11.2. The van der Waals surface area contributed by atoms with Gasteiger partial charge < -0.3 is 20.1 Å². The van der Waals surface area contributed by atoms with Gasteiger partial charge in [0.2, 0.25) is 11.9 Å². The third-order valence-corrected chi connectivity index (χ3v) is 3.54. The van der Waals surface area contributed by atoms with Crippen molar-refractivity contribution in [3.8, 4) is 11.5 Å².